The van der Waals surface area contributed by atoms with Gasteiger partial charge in [-0.2, -0.15) is 0 Å². The van der Waals surface area contributed by atoms with Gasteiger partial charge in [-0.05, 0) is 31.2 Å². The van der Waals surface area contributed by atoms with Gasteiger partial charge in [0, 0.05) is 0 Å². The number of amides is 2. The Kier molecular flexibility index (Phi) is 4.57. The highest BCUT2D eigenvalue weighted by Gasteiger charge is 2.17. The lowest BCUT2D eigenvalue weighted by Crippen LogP contribution is -2.34. The molecule has 2 aromatic rings. The largest absolute Gasteiger partial charge is 0.507 e. The number of phenolic OH excluding ortho intramolecular Hbond substituents is 1. The summed E-state index contributed by atoms with van der Waals surface area (Å²) in [5.41, 5.74) is 0.701. The van der Waals surface area contributed by atoms with Gasteiger partial charge in [0.2, 0.25) is 0 Å². The Bertz CT molecular complexity index is 705. The van der Waals surface area contributed by atoms with Gasteiger partial charge in [-0.3, -0.25) is 14.9 Å². The summed E-state index contributed by atoms with van der Waals surface area (Å²) >= 11 is 0. The number of nitrogens with one attached hydrogen (secondary N) is 1. The van der Waals surface area contributed by atoms with E-state index in [-0.39, 0.29) is 17.1 Å². The van der Waals surface area contributed by atoms with Gasteiger partial charge in [0.15, 0.2) is 12.4 Å². The maximum absolute atomic E-state index is 11.8. The molecule has 0 spiro atoms. The molecule has 114 valence electrons. The molecule has 0 radical (unpaired) electrons. The topological polar surface area (TPSA) is 106 Å². The van der Waals surface area contributed by atoms with E-state index in [1.54, 1.807) is 13.0 Å². The molecule has 2 rings (SSSR count). The van der Waals surface area contributed by atoms with Crippen molar-refractivity contribution < 1.29 is 28.6 Å². The van der Waals surface area contributed by atoms with Gasteiger partial charge in [0.25, 0.3) is 11.8 Å². The van der Waals surface area contributed by atoms with E-state index < -0.39 is 24.4 Å². The molecule has 0 aliphatic heterocycles. The second-order valence-corrected chi connectivity index (χ2v) is 4.45. The smallest absolute Gasteiger partial charge is 0.342 e. The van der Waals surface area contributed by atoms with Gasteiger partial charge in [0.05, 0.1) is 6.26 Å². The summed E-state index contributed by atoms with van der Waals surface area (Å²) in [4.78, 5) is 34.8. The third-order valence-corrected chi connectivity index (χ3v) is 2.70. The van der Waals surface area contributed by atoms with E-state index >= 15 is 0 Å². The predicted octanol–water partition coefficient (Wildman–Crippen LogP) is 1.41. The third-order valence-electron chi connectivity index (χ3n) is 2.70. The fraction of sp³-hybridized carbons (Fsp3) is 0.133. The van der Waals surface area contributed by atoms with Gasteiger partial charge < -0.3 is 14.3 Å². The van der Waals surface area contributed by atoms with E-state index in [9.17, 15) is 19.5 Å². The number of hydrogen-bond acceptors (Lipinski definition) is 6. The maximum atomic E-state index is 11.8. The van der Waals surface area contributed by atoms with Crippen molar-refractivity contribution >= 4 is 17.8 Å². The van der Waals surface area contributed by atoms with E-state index in [2.05, 4.69) is 0 Å². The van der Waals surface area contributed by atoms with Gasteiger partial charge in [0.1, 0.15) is 11.3 Å². The van der Waals surface area contributed by atoms with Crippen LogP contribution in [0.4, 0.5) is 0 Å². The van der Waals surface area contributed by atoms with Crippen LogP contribution in [0.25, 0.3) is 0 Å². The molecule has 0 atom stereocenters. The average molecular weight is 303 g/mol. The first kappa shape index (κ1) is 15.3. The highest BCUT2D eigenvalue weighted by molar-refractivity contribution is 6.04. The highest BCUT2D eigenvalue weighted by Crippen LogP contribution is 2.18. The van der Waals surface area contributed by atoms with E-state index in [1.807, 2.05) is 5.32 Å². The fourth-order valence-corrected chi connectivity index (χ4v) is 1.65. The van der Waals surface area contributed by atoms with Crippen molar-refractivity contribution in [3.8, 4) is 5.75 Å². The lowest BCUT2D eigenvalue weighted by Gasteiger charge is -2.07. The van der Waals surface area contributed by atoms with Crippen molar-refractivity contribution in [3.63, 3.8) is 0 Å². The van der Waals surface area contributed by atoms with Crippen molar-refractivity contribution in [2.24, 2.45) is 0 Å². The molecule has 1 aromatic carbocycles. The molecular formula is C15H13NO6. The zero-order valence-corrected chi connectivity index (χ0v) is 11.7. The SMILES string of the molecule is Cc1ccc(O)c(C(=O)OCC(=O)NC(=O)c2ccco2)c1. The van der Waals surface area contributed by atoms with Crippen molar-refractivity contribution in [3.05, 3.63) is 53.5 Å². The fourth-order valence-electron chi connectivity index (χ4n) is 1.65. The van der Waals surface area contributed by atoms with Crippen LogP contribution in [0, 0.1) is 6.92 Å². The van der Waals surface area contributed by atoms with Crippen molar-refractivity contribution in [1.29, 1.82) is 0 Å². The summed E-state index contributed by atoms with van der Waals surface area (Å²) in [5.74, 6) is -2.67. The Balaban J connectivity index is 1.89. The molecule has 1 aromatic heterocycles. The lowest BCUT2D eigenvalue weighted by molar-refractivity contribution is -0.123. The molecule has 0 aliphatic carbocycles. The molecular weight excluding hydrogens is 290 g/mol. The van der Waals surface area contributed by atoms with E-state index in [1.165, 1.54) is 30.5 Å². The number of furan rings is 1. The van der Waals surface area contributed by atoms with Crippen molar-refractivity contribution in [1.82, 2.24) is 5.32 Å². The van der Waals surface area contributed by atoms with Crippen LogP contribution >= 0.6 is 0 Å². The van der Waals surface area contributed by atoms with Crippen molar-refractivity contribution in [2.45, 2.75) is 6.92 Å². The summed E-state index contributed by atoms with van der Waals surface area (Å²) in [5, 5.41) is 11.6. The number of carbonyl (C=O) groups excluding carboxylic acids is 3. The molecule has 0 saturated heterocycles. The van der Waals surface area contributed by atoms with Crippen LogP contribution in [0.5, 0.6) is 5.75 Å². The minimum absolute atomic E-state index is 0.0315. The number of hydrogen-bond donors (Lipinski definition) is 2. The summed E-state index contributed by atoms with van der Waals surface area (Å²) in [6.07, 6.45) is 1.29. The standard InChI is InChI=1S/C15H13NO6/c1-9-4-5-11(17)10(7-9)15(20)22-8-13(18)16-14(19)12-3-2-6-21-12/h2-7,17H,8H2,1H3,(H,16,18,19). The molecule has 0 saturated carbocycles. The first-order valence-corrected chi connectivity index (χ1v) is 6.32. The molecule has 7 heteroatoms. The second kappa shape index (κ2) is 6.57. The number of imide groups is 1. The van der Waals surface area contributed by atoms with Crippen LogP contribution in [-0.4, -0.2) is 29.5 Å². The van der Waals surface area contributed by atoms with Gasteiger partial charge in [-0.1, -0.05) is 11.6 Å². The first-order chi connectivity index (χ1) is 10.5. The molecule has 2 amide bonds. The average Bonchev–Trinajstić information content (AvgIpc) is 3.01. The molecule has 2 N–H and O–H groups in total. The summed E-state index contributed by atoms with van der Waals surface area (Å²) in [7, 11) is 0. The van der Waals surface area contributed by atoms with Gasteiger partial charge >= 0.3 is 5.97 Å². The Morgan fingerprint density at radius 1 is 1.27 bits per heavy atom. The van der Waals surface area contributed by atoms with E-state index in [4.69, 9.17) is 9.15 Å². The van der Waals surface area contributed by atoms with E-state index in [0.29, 0.717) is 0 Å². The van der Waals surface area contributed by atoms with Crippen molar-refractivity contribution in [2.75, 3.05) is 6.61 Å². The molecule has 7 nitrogen and oxygen atoms in total. The van der Waals surface area contributed by atoms with Crippen LogP contribution in [0.15, 0.2) is 41.0 Å². The number of rotatable bonds is 4. The normalized spacial score (nSPS) is 10.0. The van der Waals surface area contributed by atoms with Gasteiger partial charge in [-0.15, -0.1) is 0 Å². The minimum Gasteiger partial charge on any atom is -0.507 e. The quantitative estimate of drug-likeness (QED) is 0.827. The highest BCUT2D eigenvalue weighted by atomic mass is 16.5. The summed E-state index contributed by atoms with van der Waals surface area (Å²) in [6.45, 7) is 1.09. The van der Waals surface area contributed by atoms with Crippen LogP contribution in [0.2, 0.25) is 0 Å². The van der Waals surface area contributed by atoms with Gasteiger partial charge in [-0.25, -0.2) is 4.79 Å². The Morgan fingerprint density at radius 3 is 2.73 bits per heavy atom. The van der Waals surface area contributed by atoms with E-state index in [0.717, 1.165) is 5.56 Å². The van der Waals surface area contributed by atoms with Crippen LogP contribution in [-0.2, 0) is 9.53 Å². The number of phenols is 1. The number of aromatic hydroxyl groups is 1. The molecule has 1 heterocycles. The monoisotopic (exact) mass is 303 g/mol. The molecule has 0 unspecified atom stereocenters. The maximum Gasteiger partial charge on any atom is 0.342 e. The molecule has 22 heavy (non-hydrogen) atoms. The summed E-state index contributed by atoms with van der Waals surface area (Å²) in [6, 6.07) is 7.30. The zero-order chi connectivity index (χ0) is 16.1. The Hall–Kier alpha value is -3.09. The van der Waals surface area contributed by atoms with Crippen LogP contribution < -0.4 is 5.32 Å². The molecule has 0 aliphatic rings. The second-order valence-electron chi connectivity index (χ2n) is 4.45. The molecule has 0 fully saturated rings. The first-order valence-electron chi connectivity index (χ1n) is 6.32. The van der Waals surface area contributed by atoms with Crippen LogP contribution in [0.1, 0.15) is 26.5 Å². The van der Waals surface area contributed by atoms with Crippen LogP contribution in [0.3, 0.4) is 0 Å². The lowest BCUT2D eigenvalue weighted by atomic mass is 10.1. The molecule has 0 bridgehead atoms. The Morgan fingerprint density at radius 2 is 2.05 bits per heavy atom. The zero-order valence-electron chi connectivity index (χ0n) is 11.7. The summed E-state index contributed by atoms with van der Waals surface area (Å²) < 4.78 is 9.57. The minimum atomic E-state index is -0.859. The third kappa shape index (κ3) is 3.72. The number of esters is 1. The number of carbonyl (C=O) groups is 3. The number of aryl methyl sites for hydroxylation is 1. The number of benzene rings is 1. The number of ether oxygens (including phenoxy) is 1. The Labute approximate surface area is 125 Å². The predicted molar refractivity (Wildman–Crippen MR) is 74.3 cm³/mol.